The Morgan fingerprint density at radius 3 is 2.69 bits per heavy atom. The highest BCUT2D eigenvalue weighted by atomic mass is 16.2. The highest BCUT2D eigenvalue weighted by Gasteiger charge is 2.23. The van der Waals surface area contributed by atoms with Crippen molar-refractivity contribution in [1.82, 2.24) is 20.3 Å². The molecule has 1 fully saturated rings. The molecule has 0 saturated carbocycles. The minimum absolute atomic E-state index is 0.0455. The van der Waals surface area contributed by atoms with Gasteiger partial charge in [0.15, 0.2) is 0 Å². The number of imidazole rings is 1. The molecule has 2 aromatic rings. The number of hydrazone groups is 1. The van der Waals surface area contributed by atoms with Crippen molar-refractivity contribution in [3.05, 3.63) is 23.8 Å². The van der Waals surface area contributed by atoms with Crippen LogP contribution in [0.5, 0.6) is 0 Å². The first-order chi connectivity index (χ1) is 12.5. The van der Waals surface area contributed by atoms with Gasteiger partial charge in [0.05, 0.1) is 16.7 Å². The molecule has 0 aliphatic carbocycles. The Morgan fingerprint density at radius 2 is 2.00 bits per heavy atom. The number of aromatic nitrogens is 2. The van der Waals surface area contributed by atoms with Gasteiger partial charge in [0.2, 0.25) is 17.8 Å². The second kappa shape index (κ2) is 6.44. The van der Waals surface area contributed by atoms with E-state index in [9.17, 15) is 9.59 Å². The molecule has 1 aromatic carbocycles. The van der Waals surface area contributed by atoms with Crippen LogP contribution in [0.1, 0.15) is 25.8 Å². The van der Waals surface area contributed by atoms with E-state index < -0.39 is 0 Å². The lowest BCUT2D eigenvalue weighted by Crippen LogP contribution is -2.48. The number of carbonyl (C=O) groups is 2. The number of hydrogen-bond donors (Lipinski definition) is 2. The van der Waals surface area contributed by atoms with Crippen molar-refractivity contribution in [2.75, 3.05) is 31.1 Å². The Kier molecular flexibility index (Phi) is 4.10. The zero-order valence-electron chi connectivity index (χ0n) is 15.0. The van der Waals surface area contributed by atoms with Crippen LogP contribution in [0.15, 0.2) is 23.3 Å². The molecule has 2 N–H and O–H groups in total. The summed E-state index contributed by atoms with van der Waals surface area (Å²) in [5.41, 5.74) is 6.27. The predicted molar refractivity (Wildman–Crippen MR) is 99.0 cm³/mol. The van der Waals surface area contributed by atoms with Crippen LogP contribution in [0.4, 0.5) is 5.95 Å². The summed E-state index contributed by atoms with van der Waals surface area (Å²) in [5.74, 6) is 0.986. The third-order valence-electron chi connectivity index (χ3n) is 5.05. The summed E-state index contributed by atoms with van der Waals surface area (Å²) in [5, 5.41) is 4.22. The summed E-state index contributed by atoms with van der Waals surface area (Å²) < 4.78 is 0. The zero-order chi connectivity index (χ0) is 18.3. The van der Waals surface area contributed by atoms with Gasteiger partial charge in [0, 0.05) is 51.0 Å². The Bertz CT molecular complexity index is 894. The predicted octanol–water partition coefficient (Wildman–Crippen LogP) is 1.09. The fourth-order valence-corrected chi connectivity index (χ4v) is 3.54. The number of nitrogens with one attached hydrogen (secondary N) is 2. The molecular weight excluding hydrogens is 332 g/mol. The Morgan fingerprint density at radius 1 is 1.23 bits per heavy atom. The van der Waals surface area contributed by atoms with Crippen LogP contribution in [-0.4, -0.2) is 58.6 Å². The van der Waals surface area contributed by atoms with E-state index in [0.29, 0.717) is 19.5 Å². The number of nitrogens with zero attached hydrogens (tertiary/aromatic N) is 4. The van der Waals surface area contributed by atoms with Crippen molar-refractivity contribution in [1.29, 1.82) is 0 Å². The standard InChI is InChI=1S/C18H22N6O2/c1-11-9-16(26)21-22-17(11)13-3-4-14-15(10-13)20-18(19-14)24-7-5-23(6-8-24)12(2)25/h3-4,10-11H,5-9H2,1-2H3,(H,19,20)(H,21,26). The third-order valence-corrected chi connectivity index (χ3v) is 5.05. The Hall–Kier alpha value is -2.90. The highest BCUT2D eigenvalue weighted by Crippen LogP contribution is 2.23. The monoisotopic (exact) mass is 354 g/mol. The quantitative estimate of drug-likeness (QED) is 0.844. The van der Waals surface area contributed by atoms with E-state index in [2.05, 4.69) is 25.4 Å². The van der Waals surface area contributed by atoms with Gasteiger partial charge in [0.25, 0.3) is 0 Å². The number of H-pyrrole nitrogens is 1. The second-order valence-electron chi connectivity index (χ2n) is 6.92. The van der Waals surface area contributed by atoms with E-state index in [4.69, 9.17) is 0 Å². The van der Waals surface area contributed by atoms with Crippen LogP contribution in [0, 0.1) is 5.92 Å². The van der Waals surface area contributed by atoms with E-state index >= 15 is 0 Å². The normalized spacial score (nSPS) is 20.9. The number of fused-ring (bicyclic) bond motifs is 1. The number of benzene rings is 1. The fraction of sp³-hybridized carbons (Fsp3) is 0.444. The molecule has 0 radical (unpaired) electrons. The maximum Gasteiger partial charge on any atom is 0.240 e. The fourth-order valence-electron chi connectivity index (χ4n) is 3.54. The number of piperazine rings is 1. The van der Waals surface area contributed by atoms with Gasteiger partial charge in [-0.1, -0.05) is 13.0 Å². The van der Waals surface area contributed by atoms with Gasteiger partial charge in [-0.15, -0.1) is 0 Å². The number of hydrogen-bond acceptors (Lipinski definition) is 5. The number of carbonyl (C=O) groups excluding carboxylic acids is 2. The number of rotatable bonds is 2. The molecule has 1 aromatic heterocycles. The van der Waals surface area contributed by atoms with Gasteiger partial charge in [-0.3, -0.25) is 9.59 Å². The third kappa shape index (κ3) is 3.02. The Balaban J connectivity index is 1.57. The molecule has 2 aliphatic heterocycles. The minimum atomic E-state index is -0.0455. The van der Waals surface area contributed by atoms with Crippen LogP contribution >= 0.6 is 0 Å². The molecule has 2 aliphatic rings. The Labute approximate surface area is 151 Å². The number of anilines is 1. The van der Waals surface area contributed by atoms with Gasteiger partial charge in [-0.2, -0.15) is 5.10 Å². The molecule has 4 rings (SSSR count). The average Bonchev–Trinajstić information content (AvgIpc) is 3.05. The molecular formula is C18H22N6O2. The summed E-state index contributed by atoms with van der Waals surface area (Å²) in [6, 6.07) is 6.00. The average molecular weight is 354 g/mol. The van der Waals surface area contributed by atoms with Gasteiger partial charge >= 0.3 is 0 Å². The van der Waals surface area contributed by atoms with E-state index in [-0.39, 0.29) is 17.7 Å². The summed E-state index contributed by atoms with van der Waals surface area (Å²) in [7, 11) is 0. The van der Waals surface area contributed by atoms with Crippen LogP contribution in [0.2, 0.25) is 0 Å². The number of aromatic amines is 1. The first kappa shape index (κ1) is 16.6. The molecule has 2 amide bonds. The van der Waals surface area contributed by atoms with Crippen LogP contribution in [-0.2, 0) is 9.59 Å². The molecule has 1 saturated heterocycles. The smallest absolute Gasteiger partial charge is 0.240 e. The molecule has 1 unspecified atom stereocenters. The summed E-state index contributed by atoms with van der Waals surface area (Å²) in [6.07, 6.45) is 0.450. The van der Waals surface area contributed by atoms with E-state index in [0.717, 1.165) is 41.3 Å². The molecule has 136 valence electrons. The zero-order valence-corrected chi connectivity index (χ0v) is 15.0. The summed E-state index contributed by atoms with van der Waals surface area (Å²) in [6.45, 7) is 6.58. The van der Waals surface area contributed by atoms with E-state index in [1.54, 1.807) is 6.92 Å². The topological polar surface area (TPSA) is 93.7 Å². The minimum Gasteiger partial charge on any atom is -0.339 e. The number of amides is 2. The lowest BCUT2D eigenvalue weighted by molar-refractivity contribution is -0.129. The summed E-state index contributed by atoms with van der Waals surface area (Å²) in [4.78, 5) is 35.0. The van der Waals surface area contributed by atoms with Crippen molar-refractivity contribution in [3.63, 3.8) is 0 Å². The van der Waals surface area contributed by atoms with Gasteiger partial charge in [-0.25, -0.2) is 10.4 Å². The van der Waals surface area contributed by atoms with Crippen molar-refractivity contribution < 1.29 is 9.59 Å². The molecule has 8 heteroatoms. The van der Waals surface area contributed by atoms with Crippen molar-refractivity contribution >= 4 is 34.5 Å². The van der Waals surface area contributed by atoms with Crippen molar-refractivity contribution in [3.8, 4) is 0 Å². The van der Waals surface area contributed by atoms with Crippen molar-refractivity contribution in [2.24, 2.45) is 11.0 Å². The van der Waals surface area contributed by atoms with Crippen LogP contribution in [0.25, 0.3) is 11.0 Å². The second-order valence-corrected chi connectivity index (χ2v) is 6.92. The van der Waals surface area contributed by atoms with Gasteiger partial charge in [-0.05, 0) is 12.1 Å². The van der Waals surface area contributed by atoms with Crippen LogP contribution < -0.4 is 10.3 Å². The van der Waals surface area contributed by atoms with Gasteiger partial charge in [0.1, 0.15) is 0 Å². The van der Waals surface area contributed by atoms with Gasteiger partial charge < -0.3 is 14.8 Å². The summed E-state index contributed by atoms with van der Waals surface area (Å²) >= 11 is 0. The lowest BCUT2D eigenvalue weighted by atomic mass is 9.94. The van der Waals surface area contributed by atoms with Crippen LogP contribution in [0.3, 0.4) is 0 Å². The maximum absolute atomic E-state index is 11.5. The molecule has 0 bridgehead atoms. The largest absolute Gasteiger partial charge is 0.339 e. The lowest BCUT2D eigenvalue weighted by Gasteiger charge is -2.33. The molecule has 3 heterocycles. The SMILES string of the molecule is CC(=O)N1CCN(c2nc3ccc(C4=NNC(=O)CC4C)cc3[nH]2)CC1. The maximum atomic E-state index is 11.5. The molecule has 1 atom stereocenters. The molecule has 26 heavy (non-hydrogen) atoms. The molecule has 0 spiro atoms. The first-order valence-electron chi connectivity index (χ1n) is 8.88. The first-order valence-corrected chi connectivity index (χ1v) is 8.88. The van der Waals surface area contributed by atoms with E-state index in [1.807, 2.05) is 30.0 Å². The van der Waals surface area contributed by atoms with Crippen molar-refractivity contribution in [2.45, 2.75) is 20.3 Å². The van der Waals surface area contributed by atoms with E-state index in [1.165, 1.54) is 0 Å². The molecule has 8 nitrogen and oxygen atoms in total. The highest BCUT2D eigenvalue weighted by molar-refractivity contribution is 6.07.